The highest BCUT2D eigenvalue weighted by Crippen LogP contribution is 2.37. The van der Waals surface area contributed by atoms with Gasteiger partial charge in [-0.15, -0.1) is 0 Å². The molecule has 0 heterocycles. The molecule has 0 saturated heterocycles. The molecule has 2 aromatic rings. The maximum Gasteiger partial charge on any atom is 0.387 e. The summed E-state index contributed by atoms with van der Waals surface area (Å²) < 4.78 is 45.4. The van der Waals surface area contributed by atoms with Crippen molar-refractivity contribution in [1.82, 2.24) is 0 Å². The van der Waals surface area contributed by atoms with Crippen LogP contribution >= 0.6 is 46.4 Å². The largest absolute Gasteiger partial charge is 0.493 e. The molecule has 0 N–H and O–H groups in total. The van der Waals surface area contributed by atoms with E-state index in [0.29, 0.717) is 30.3 Å². The van der Waals surface area contributed by atoms with Crippen LogP contribution in [-0.2, 0) is 0 Å². The second-order valence-corrected chi connectivity index (χ2v) is 7.25. The molecule has 0 spiro atoms. The molecule has 0 unspecified atom stereocenters. The van der Waals surface area contributed by atoms with Crippen molar-refractivity contribution in [3.63, 3.8) is 0 Å². The molecule has 0 fully saturated rings. The molecule has 0 amide bonds. The predicted octanol–water partition coefficient (Wildman–Crippen LogP) is 7.14. The number of rotatable bonds is 11. The van der Waals surface area contributed by atoms with E-state index in [1.807, 2.05) is 0 Å². The molecule has 0 aromatic heterocycles. The zero-order chi connectivity index (χ0) is 21.2. The Bertz CT molecular complexity index is 807. The Morgan fingerprint density at radius 1 is 0.897 bits per heavy atom. The van der Waals surface area contributed by atoms with E-state index in [9.17, 15) is 8.78 Å². The Morgan fingerprint density at radius 2 is 1.55 bits per heavy atom. The lowest BCUT2D eigenvalue weighted by Crippen LogP contribution is -2.06. The maximum absolute atomic E-state index is 12.2. The first-order valence-electron chi connectivity index (χ1n) is 8.28. The molecule has 158 valence electrons. The highest BCUT2D eigenvalue weighted by molar-refractivity contribution is 6.55. The van der Waals surface area contributed by atoms with Crippen molar-refractivity contribution in [2.75, 3.05) is 19.8 Å². The fourth-order valence-electron chi connectivity index (χ4n) is 2.12. The van der Waals surface area contributed by atoms with Gasteiger partial charge in [0.2, 0.25) is 0 Å². The van der Waals surface area contributed by atoms with Crippen molar-refractivity contribution >= 4 is 46.4 Å². The van der Waals surface area contributed by atoms with Gasteiger partial charge in [0.05, 0.1) is 23.3 Å². The van der Waals surface area contributed by atoms with Gasteiger partial charge in [-0.05, 0) is 18.2 Å². The van der Waals surface area contributed by atoms with Crippen molar-refractivity contribution in [2.24, 2.45) is 0 Å². The van der Waals surface area contributed by atoms with Crippen LogP contribution in [0.2, 0.25) is 10.0 Å². The molecule has 10 heteroatoms. The minimum Gasteiger partial charge on any atom is -0.493 e. The third kappa shape index (κ3) is 8.74. The molecule has 0 radical (unpaired) electrons. The lowest BCUT2D eigenvalue weighted by Gasteiger charge is -2.13. The van der Waals surface area contributed by atoms with Gasteiger partial charge in [-0.3, -0.25) is 0 Å². The first-order valence-corrected chi connectivity index (χ1v) is 9.80. The van der Waals surface area contributed by atoms with Crippen LogP contribution in [-0.4, -0.2) is 26.4 Å². The van der Waals surface area contributed by atoms with E-state index < -0.39 is 6.61 Å². The zero-order valence-corrected chi connectivity index (χ0v) is 17.9. The van der Waals surface area contributed by atoms with E-state index in [2.05, 4.69) is 4.74 Å². The summed E-state index contributed by atoms with van der Waals surface area (Å²) in [6, 6.07) is 9.11. The molecule has 2 rings (SSSR count). The van der Waals surface area contributed by atoms with Crippen LogP contribution in [0.4, 0.5) is 8.78 Å². The van der Waals surface area contributed by atoms with Crippen LogP contribution < -0.4 is 18.9 Å². The molecule has 0 aliphatic carbocycles. The fraction of sp³-hybridized carbons (Fsp3) is 0.263. The first kappa shape index (κ1) is 23.7. The van der Waals surface area contributed by atoms with Crippen LogP contribution in [0.25, 0.3) is 0 Å². The van der Waals surface area contributed by atoms with Gasteiger partial charge in [0.25, 0.3) is 0 Å². The second kappa shape index (κ2) is 12.2. The van der Waals surface area contributed by atoms with Gasteiger partial charge >= 0.3 is 6.61 Å². The number of benzene rings is 2. The van der Waals surface area contributed by atoms with Crippen molar-refractivity contribution in [3.8, 4) is 23.0 Å². The zero-order valence-electron chi connectivity index (χ0n) is 14.8. The summed E-state index contributed by atoms with van der Waals surface area (Å²) in [6.45, 7) is -2.16. The molecule has 0 atom stereocenters. The van der Waals surface area contributed by atoms with E-state index in [-0.39, 0.29) is 33.5 Å². The molecule has 0 saturated carbocycles. The molecule has 29 heavy (non-hydrogen) atoms. The van der Waals surface area contributed by atoms with E-state index >= 15 is 0 Å². The highest BCUT2D eigenvalue weighted by Gasteiger charge is 2.11. The van der Waals surface area contributed by atoms with Crippen molar-refractivity contribution in [1.29, 1.82) is 0 Å². The van der Waals surface area contributed by atoms with Crippen molar-refractivity contribution in [2.45, 2.75) is 13.0 Å². The molecule has 0 aliphatic rings. The van der Waals surface area contributed by atoms with E-state index in [1.54, 1.807) is 24.3 Å². The molecule has 0 bridgehead atoms. The van der Waals surface area contributed by atoms with Gasteiger partial charge in [-0.2, -0.15) is 8.78 Å². The highest BCUT2D eigenvalue weighted by atomic mass is 35.5. The van der Waals surface area contributed by atoms with Gasteiger partial charge in [0.15, 0.2) is 5.75 Å². The first-order chi connectivity index (χ1) is 13.8. The molecule has 2 aromatic carbocycles. The summed E-state index contributed by atoms with van der Waals surface area (Å²) in [5, 5.41) is 0.567. The lowest BCUT2D eigenvalue weighted by atomic mass is 10.3. The monoisotopic (exact) mass is 486 g/mol. The summed E-state index contributed by atoms with van der Waals surface area (Å²) >= 11 is 23.4. The number of ether oxygens (including phenoxy) is 4. The second-order valence-electron chi connectivity index (χ2n) is 5.42. The summed E-state index contributed by atoms with van der Waals surface area (Å²) in [5.74, 6) is 1.19. The molecule has 0 aliphatic heterocycles. The van der Waals surface area contributed by atoms with Gasteiger partial charge < -0.3 is 18.9 Å². The van der Waals surface area contributed by atoms with Crippen LogP contribution in [0.15, 0.2) is 47.0 Å². The average molecular weight is 488 g/mol. The van der Waals surface area contributed by atoms with E-state index in [0.717, 1.165) is 0 Å². The minimum absolute atomic E-state index is 0.0263. The standard InChI is InChI=1S/C19H16Cl4F2O4/c20-15-10-14(27-8-5-17(22)23)11-16(21)18(15)28-7-2-6-26-12-3-1-4-13(9-12)29-19(24)25/h1,3-5,9-11,19H,2,6-8H2. The van der Waals surface area contributed by atoms with E-state index in [4.69, 9.17) is 60.6 Å². The lowest BCUT2D eigenvalue weighted by molar-refractivity contribution is -0.0499. The van der Waals surface area contributed by atoms with Gasteiger partial charge in [-0.1, -0.05) is 52.5 Å². The van der Waals surface area contributed by atoms with E-state index in [1.165, 1.54) is 18.2 Å². The van der Waals surface area contributed by atoms with Gasteiger partial charge in [0.1, 0.15) is 28.3 Å². The van der Waals surface area contributed by atoms with Crippen LogP contribution in [0.1, 0.15) is 6.42 Å². The minimum atomic E-state index is -2.89. The Balaban J connectivity index is 1.79. The smallest absolute Gasteiger partial charge is 0.387 e. The Labute approximate surface area is 186 Å². The summed E-state index contributed by atoms with van der Waals surface area (Å²) in [7, 11) is 0. The Hall–Kier alpha value is -1.60. The number of hydrogen-bond donors (Lipinski definition) is 0. The van der Waals surface area contributed by atoms with Crippen LogP contribution in [0, 0.1) is 0 Å². The topological polar surface area (TPSA) is 36.9 Å². The average Bonchev–Trinajstić information content (AvgIpc) is 2.63. The summed E-state index contributed by atoms with van der Waals surface area (Å²) in [6.07, 6.45) is 1.98. The van der Waals surface area contributed by atoms with Crippen LogP contribution in [0.3, 0.4) is 0 Å². The fourth-order valence-corrected chi connectivity index (χ4v) is 2.82. The van der Waals surface area contributed by atoms with Crippen LogP contribution in [0.5, 0.6) is 23.0 Å². The predicted molar refractivity (Wildman–Crippen MR) is 110 cm³/mol. The number of alkyl halides is 2. The SMILES string of the molecule is FC(F)Oc1cccc(OCCCOc2c(Cl)cc(OCC=C(Cl)Cl)cc2Cl)c1. The number of hydrogen-bond acceptors (Lipinski definition) is 4. The van der Waals surface area contributed by atoms with Crippen molar-refractivity contribution in [3.05, 3.63) is 57.0 Å². The Kier molecular flexibility index (Phi) is 9.94. The third-order valence-corrected chi connectivity index (χ3v) is 4.16. The van der Waals surface area contributed by atoms with Crippen molar-refractivity contribution < 1.29 is 27.7 Å². The maximum atomic E-state index is 12.2. The summed E-state index contributed by atoms with van der Waals surface area (Å²) in [5.41, 5.74) is 0. The quantitative estimate of drug-likeness (QED) is 0.315. The Morgan fingerprint density at radius 3 is 2.21 bits per heavy atom. The van der Waals surface area contributed by atoms with Gasteiger partial charge in [0, 0.05) is 24.6 Å². The molecular weight excluding hydrogens is 472 g/mol. The number of halogens is 6. The van der Waals surface area contributed by atoms with Gasteiger partial charge in [-0.25, -0.2) is 0 Å². The third-order valence-electron chi connectivity index (χ3n) is 3.29. The molecule has 4 nitrogen and oxygen atoms in total. The molecular formula is C19H16Cl4F2O4. The normalized spacial score (nSPS) is 10.6. The summed E-state index contributed by atoms with van der Waals surface area (Å²) in [4.78, 5) is 0.